The third-order valence-electron chi connectivity index (χ3n) is 5.25. The number of hydrogen-bond acceptors (Lipinski definition) is 5. The van der Waals surface area contributed by atoms with Crippen molar-refractivity contribution in [3.8, 4) is 0 Å². The second-order valence-electron chi connectivity index (χ2n) is 8.61. The van der Waals surface area contributed by atoms with Gasteiger partial charge >= 0.3 is 12.2 Å². The predicted octanol–water partition coefficient (Wildman–Crippen LogP) is 3.16. The molecule has 2 fully saturated rings. The molecule has 28 heavy (non-hydrogen) atoms. The van der Waals surface area contributed by atoms with Gasteiger partial charge in [-0.3, -0.25) is 9.80 Å². The standard InChI is InChI=1S/C21H30N2O5/c1-14(24)18-17-11-10-16(23(17)20(26)28-21(2,3)4)12-22(18)19(25)27-13-15-8-6-5-7-9-15/h5-9,14,16-18,24H,10-13H2,1-4H3/t14?,16-,17+,18-/m0/s1. The first-order valence-electron chi connectivity index (χ1n) is 9.84. The molecule has 2 aliphatic heterocycles. The van der Waals surface area contributed by atoms with Crippen LogP contribution in [0.1, 0.15) is 46.1 Å². The molecule has 7 nitrogen and oxygen atoms in total. The molecular weight excluding hydrogens is 360 g/mol. The number of aliphatic hydroxyl groups is 1. The summed E-state index contributed by atoms with van der Waals surface area (Å²) in [5.41, 5.74) is 0.308. The fraction of sp³-hybridized carbons (Fsp3) is 0.619. The van der Waals surface area contributed by atoms with Crippen molar-refractivity contribution >= 4 is 12.2 Å². The van der Waals surface area contributed by atoms with Crippen LogP contribution < -0.4 is 0 Å². The first kappa shape index (κ1) is 20.5. The van der Waals surface area contributed by atoms with Gasteiger partial charge in [0.15, 0.2) is 0 Å². The number of aliphatic hydroxyl groups excluding tert-OH is 1. The number of fused-ring (bicyclic) bond motifs is 2. The maximum Gasteiger partial charge on any atom is 0.410 e. The first-order chi connectivity index (χ1) is 13.2. The van der Waals surface area contributed by atoms with E-state index >= 15 is 0 Å². The third kappa shape index (κ3) is 4.41. The van der Waals surface area contributed by atoms with Gasteiger partial charge in [0.05, 0.1) is 24.2 Å². The Kier molecular flexibility index (Phi) is 5.84. The van der Waals surface area contributed by atoms with E-state index < -0.39 is 23.8 Å². The number of ether oxygens (including phenoxy) is 2. The quantitative estimate of drug-likeness (QED) is 0.858. The fourth-order valence-electron chi connectivity index (χ4n) is 4.16. The molecule has 0 aliphatic carbocycles. The summed E-state index contributed by atoms with van der Waals surface area (Å²) in [6.45, 7) is 7.64. The molecule has 2 aliphatic rings. The summed E-state index contributed by atoms with van der Waals surface area (Å²) in [7, 11) is 0. The lowest BCUT2D eigenvalue weighted by Crippen LogP contribution is -2.65. The summed E-state index contributed by atoms with van der Waals surface area (Å²) in [5, 5.41) is 10.4. The monoisotopic (exact) mass is 390 g/mol. The molecule has 7 heteroatoms. The highest BCUT2D eigenvalue weighted by atomic mass is 16.6. The number of carbonyl (C=O) groups is 2. The number of nitrogens with zero attached hydrogens (tertiary/aromatic N) is 2. The highest BCUT2D eigenvalue weighted by molar-refractivity contribution is 5.72. The second-order valence-corrected chi connectivity index (χ2v) is 8.61. The van der Waals surface area contributed by atoms with Crippen LogP contribution in [0.4, 0.5) is 9.59 Å². The highest BCUT2D eigenvalue weighted by Crippen LogP contribution is 2.37. The van der Waals surface area contributed by atoms with Crippen molar-refractivity contribution in [1.82, 2.24) is 9.80 Å². The molecule has 0 aromatic heterocycles. The first-order valence-corrected chi connectivity index (χ1v) is 9.84. The van der Waals surface area contributed by atoms with Crippen LogP contribution in [0.2, 0.25) is 0 Å². The molecule has 1 aromatic rings. The molecule has 4 atom stereocenters. The zero-order chi connectivity index (χ0) is 20.5. The summed E-state index contributed by atoms with van der Waals surface area (Å²) < 4.78 is 11.0. The Bertz CT molecular complexity index is 700. The van der Waals surface area contributed by atoms with Crippen molar-refractivity contribution in [2.45, 2.75) is 77.0 Å². The van der Waals surface area contributed by atoms with Crippen molar-refractivity contribution in [2.75, 3.05) is 6.54 Å². The third-order valence-corrected chi connectivity index (χ3v) is 5.25. The number of rotatable bonds is 3. The number of carbonyl (C=O) groups excluding carboxylic acids is 2. The summed E-state index contributed by atoms with van der Waals surface area (Å²) >= 11 is 0. The van der Waals surface area contributed by atoms with Gasteiger partial charge in [-0.2, -0.15) is 0 Å². The molecule has 0 radical (unpaired) electrons. The Labute approximate surface area is 166 Å². The van der Waals surface area contributed by atoms with Gasteiger partial charge in [-0.1, -0.05) is 30.3 Å². The molecule has 2 saturated heterocycles. The van der Waals surface area contributed by atoms with Gasteiger partial charge in [0.2, 0.25) is 0 Å². The van der Waals surface area contributed by atoms with E-state index in [2.05, 4.69) is 0 Å². The fourth-order valence-corrected chi connectivity index (χ4v) is 4.16. The Morgan fingerprint density at radius 2 is 1.86 bits per heavy atom. The largest absolute Gasteiger partial charge is 0.445 e. The average molecular weight is 390 g/mol. The topological polar surface area (TPSA) is 79.3 Å². The number of amides is 2. The van der Waals surface area contributed by atoms with Crippen molar-refractivity contribution < 1.29 is 24.2 Å². The van der Waals surface area contributed by atoms with Crippen LogP contribution in [0, 0.1) is 0 Å². The number of piperazine rings is 1. The van der Waals surface area contributed by atoms with Gasteiger partial charge < -0.3 is 14.6 Å². The van der Waals surface area contributed by atoms with Crippen LogP contribution in [-0.2, 0) is 16.1 Å². The van der Waals surface area contributed by atoms with Crippen LogP contribution in [0.15, 0.2) is 30.3 Å². The predicted molar refractivity (Wildman–Crippen MR) is 104 cm³/mol. The van der Waals surface area contributed by atoms with Gasteiger partial charge in [0, 0.05) is 6.54 Å². The van der Waals surface area contributed by atoms with Gasteiger partial charge in [-0.15, -0.1) is 0 Å². The average Bonchev–Trinajstić information content (AvgIpc) is 2.92. The molecule has 0 spiro atoms. The van der Waals surface area contributed by atoms with Crippen LogP contribution in [0.5, 0.6) is 0 Å². The lowest BCUT2D eigenvalue weighted by molar-refractivity contribution is -0.0486. The molecule has 3 rings (SSSR count). The van der Waals surface area contributed by atoms with E-state index in [9.17, 15) is 14.7 Å². The van der Waals surface area contributed by atoms with Gasteiger partial charge in [-0.25, -0.2) is 9.59 Å². The highest BCUT2D eigenvalue weighted by Gasteiger charge is 2.52. The molecule has 1 N–H and O–H groups in total. The number of hydrogen-bond donors (Lipinski definition) is 1. The smallest absolute Gasteiger partial charge is 0.410 e. The summed E-state index contributed by atoms with van der Waals surface area (Å²) in [5.74, 6) is 0. The summed E-state index contributed by atoms with van der Waals surface area (Å²) in [6, 6.07) is 8.55. The Balaban J connectivity index is 1.72. The van der Waals surface area contributed by atoms with Gasteiger partial charge in [0.1, 0.15) is 12.2 Å². The summed E-state index contributed by atoms with van der Waals surface area (Å²) in [6.07, 6.45) is -0.144. The minimum absolute atomic E-state index is 0.126. The Hall–Kier alpha value is -2.28. The Morgan fingerprint density at radius 1 is 1.18 bits per heavy atom. The zero-order valence-corrected chi connectivity index (χ0v) is 17.0. The lowest BCUT2D eigenvalue weighted by atomic mass is 9.98. The SMILES string of the molecule is CC(O)[C@H]1[C@H]2CC[C@@H](CN1C(=O)OCc1ccccc1)N2C(=O)OC(C)(C)C. The van der Waals surface area contributed by atoms with E-state index in [1.807, 2.05) is 51.1 Å². The molecule has 2 amide bonds. The van der Waals surface area contributed by atoms with Crippen molar-refractivity contribution in [3.05, 3.63) is 35.9 Å². The molecule has 1 aromatic carbocycles. The molecule has 2 heterocycles. The summed E-state index contributed by atoms with van der Waals surface area (Å²) in [4.78, 5) is 28.8. The number of benzene rings is 1. The molecular formula is C21H30N2O5. The molecule has 154 valence electrons. The second kappa shape index (κ2) is 7.99. The van der Waals surface area contributed by atoms with E-state index in [4.69, 9.17) is 9.47 Å². The molecule has 0 saturated carbocycles. The van der Waals surface area contributed by atoms with Crippen LogP contribution in [0.25, 0.3) is 0 Å². The van der Waals surface area contributed by atoms with E-state index in [0.717, 1.165) is 18.4 Å². The minimum atomic E-state index is -0.793. The van der Waals surface area contributed by atoms with Crippen molar-refractivity contribution in [3.63, 3.8) is 0 Å². The number of likely N-dealkylation sites (tertiary alicyclic amines) is 1. The molecule has 1 unspecified atom stereocenters. The van der Waals surface area contributed by atoms with Gasteiger partial charge in [0.25, 0.3) is 0 Å². The normalized spacial score (nSPS) is 25.4. The zero-order valence-electron chi connectivity index (χ0n) is 17.0. The molecule has 2 bridgehead atoms. The minimum Gasteiger partial charge on any atom is -0.445 e. The maximum atomic E-state index is 12.8. The van der Waals surface area contributed by atoms with Crippen LogP contribution in [0.3, 0.4) is 0 Å². The van der Waals surface area contributed by atoms with Crippen molar-refractivity contribution in [2.24, 2.45) is 0 Å². The lowest BCUT2D eigenvalue weighted by Gasteiger charge is -2.47. The van der Waals surface area contributed by atoms with E-state index in [1.165, 1.54) is 0 Å². The maximum absolute atomic E-state index is 12.8. The van der Waals surface area contributed by atoms with E-state index in [1.54, 1.807) is 16.7 Å². The van der Waals surface area contributed by atoms with Crippen molar-refractivity contribution in [1.29, 1.82) is 0 Å². The van der Waals surface area contributed by atoms with Crippen LogP contribution in [-0.4, -0.2) is 63.5 Å². The van der Waals surface area contributed by atoms with E-state index in [0.29, 0.717) is 6.54 Å². The van der Waals surface area contributed by atoms with E-state index in [-0.39, 0.29) is 24.8 Å². The Morgan fingerprint density at radius 3 is 2.46 bits per heavy atom. The van der Waals surface area contributed by atoms with Gasteiger partial charge in [-0.05, 0) is 46.1 Å². The van der Waals surface area contributed by atoms with Crippen LogP contribution >= 0.6 is 0 Å².